The van der Waals surface area contributed by atoms with Gasteiger partial charge in [0.15, 0.2) is 0 Å². The van der Waals surface area contributed by atoms with E-state index in [0.29, 0.717) is 18.9 Å². The summed E-state index contributed by atoms with van der Waals surface area (Å²) in [6, 6.07) is 8.67. The summed E-state index contributed by atoms with van der Waals surface area (Å²) in [5.74, 6) is 0.621. The minimum Gasteiger partial charge on any atom is -0.342 e. The Bertz CT molecular complexity index is 399. The number of likely N-dealkylation sites (tertiary alicyclic amines) is 1. The summed E-state index contributed by atoms with van der Waals surface area (Å²) in [5, 5.41) is 0. The van der Waals surface area contributed by atoms with E-state index in [-0.39, 0.29) is 5.91 Å². The molecule has 98 valence electrons. The normalized spacial score (nSPS) is 19.6. The Hall–Kier alpha value is -1.35. The van der Waals surface area contributed by atoms with Crippen LogP contribution in [-0.2, 0) is 17.6 Å². The van der Waals surface area contributed by atoms with Gasteiger partial charge in [-0.25, -0.2) is 0 Å². The highest BCUT2D eigenvalue weighted by molar-refractivity contribution is 5.78. The van der Waals surface area contributed by atoms with Crippen LogP contribution in [0, 0.1) is 5.92 Å². The lowest BCUT2D eigenvalue weighted by Gasteiger charge is -2.16. The summed E-state index contributed by atoms with van der Waals surface area (Å²) in [4.78, 5) is 13.7. The van der Waals surface area contributed by atoms with Gasteiger partial charge in [-0.2, -0.15) is 0 Å². The zero-order valence-electron chi connectivity index (χ0n) is 11.1. The molecule has 0 saturated carbocycles. The molecule has 3 heteroatoms. The molecule has 1 amide bonds. The SMILES string of the molecule is CCc1ccc(CCN2CC(CN)CC2=O)cc1. The fourth-order valence-electron chi connectivity index (χ4n) is 2.43. The highest BCUT2D eigenvalue weighted by Gasteiger charge is 2.27. The quantitative estimate of drug-likeness (QED) is 0.857. The number of hydrogen-bond donors (Lipinski definition) is 1. The van der Waals surface area contributed by atoms with Crippen LogP contribution in [0.5, 0.6) is 0 Å². The zero-order valence-corrected chi connectivity index (χ0v) is 11.1. The first kappa shape index (κ1) is 13.1. The average Bonchev–Trinajstić information content (AvgIpc) is 2.77. The number of amides is 1. The van der Waals surface area contributed by atoms with Crippen molar-refractivity contribution >= 4 is 5.91 Å². The van der Waals surface area contributed by atoms with E-state index in [9.17, 15) is 4.79 Å². The monoisotopic (exact) mass is 246 g/mol. The molecule has 1 atom stereocenters. The summed E-state index contributed by atoms with van der Waals surface area (Å²) in [6.07, 6.45) is 2.64. The van der Waals surface area contributed by atoms with E-state index in [1.165, 1.54) is 11.1 Å². The summed E-state index contributed by atoms with van der Waals surface area (Å²) in [7, 11) is 0. The molecule has 1 aliphatic rings. The van der Waals surface area contributed by atoms with Gasteiger partial charge >= 0.3 is 0 Å². The van der Waals surface area contributed by atoms with E-state index in [1.807, 2.05) is 4.90 Å². The maximum absolute atomic E-state index is 11.7. The Balaban J connectivity index is 1.85. The fraction of sp³-hybridized carbons (Fsp3) is 0.533. The van der Waals surface area contributed by atoms with Gasteiger partial charge in [-0.05, 0) is 36.4 Å². The van der Waals surface area contributed by atoms with Crippen molar-refractivity contribution in [1.29, 1.82) is 0 Å². The molecule has 3 nitrogen and oxygen atoms in total. The molecule has 1 aliphatic heterocycles. The first-order valence-electron chi connectivity index (χ1n) is 6.78. The number of nitrogens with two attached hydrogens (primary N) is 1. The first-order valence-corrected chi connectivity index (χ1v) is 6.78. The van der Waals surface area contributed by atoms with Crippen LogP contribution < -0.4 is 5.73 Å². The summed E-state index contributed by atoms with van der Waals surface area (Å²) in [5.41, 5.74) is 8.28. The topological polar surface area (TPSA) is 46.3 Å². The van der Waals surface area contributed by atoms with Crippen molar-refractivity contribution in [3.8, 4) is 0 Å². The van der Waals surface area contributed by atoms with Gasteiger partial charge in [-0.15, -0.1) is 0 Å². The van der Waals surface area contributed by atoms with Crippen LogP contribution in [0.1, 0.15) is 24.5 Å². The van der Waals surface area contributed by atoms with Crippen molar-refractivity contribution in [3.05, 3.63) is 35.4 Å². The average molecular weight is 246 g/mol. The molecular formula is C15H22N2O. The zero-order chi connectivity index (χ0) is 13.0. The number of aryl methyl sites for hydroxylation is 1. The number of carbonyl (C=O) groups is 1. The third-order valence-corrected chi connectivity index (χ3v) is 3.73. The fourth-order valence-corrected chi connectivity index (χ4v) is 2.43. The van der Waals surface area contributed by atoms with Gasteiger partial charge in [0.2, 0.25) is 5.91 Å². The van der Waals surface area contributed by atoms with E-state index in [0.717, 1.165) is 25.9 Å². The van der Waals surface area contributed by atoms with E-state index in [4.69, 9.17) is 5.73 Å². The Kier molecular flexibility index (Phi) is 4.37. The van der Waals surface area contributed by atoms with Crippen molar-refractivity contribution < 1.29 is 4.79 Å². The van der Waals surface area contributed by atoms with Crippen LogP contribution >= 0.6 is 0 Å². The Morgan fingerprint density at radius 1 is 1.28 bits per heavy atom. The van der Waals surface area contributed by atoms with E-state index in [2.05, 4.69) is 31.2 Å². The highest BCUT2D eigenvalue weighted by Crippen LogP contribution is 2.17. The molecule has 18 heavy (non-hydrogen) atoms. The molecule has 0 aromatic heterocycles. The lowest BCUT2D eigenvalue weighted by molar-refractivity contribution is -0.127. The smallest absolute Gasteiger partial charge is 0.222 e. The molecule has 1 unspecified atom stereocenters. The second kappa shape index (κ2) is 6.01. The van der Waals surface area contributed by atoms with Crippen LogP contribution in [0.3, 0.4) is 0 Å². The number of carbonyl (C=O) groups excluding carboxylic acids is 1. The van der Waals surface area contributed by atoms with E-state index < -0.39 is 0 Å². The van der Waals surface area contributed by atoms with Crippen LogP contribution in [0.15, 0.2) is 24.3 Å². The van der Waals surface area contributed by atoms with Crippen LogP contribution in [0.2, 0.25) is 0 Å². The van der Waals surface area contributed by atoms with Crippen LogP contribution in [0.4, 0.5) is 0 Å². The van der Waals surface area contributed by atoms with Crippen LogP contribution in [0.25, 0.3) is 0 Å². The predicted octanol–water partition coefficient (Wildman–Crippen LogP) is 1.60. The van der Waals surface area contributed by atoms with Gasteiger partial charge in [-0.3, -0.25) is 4.79 Å². The van der Waals surface area contributed by atoms with Crippen LogP contribution in [-0.4, -0.2) is 30.4 Å². The third-order valence-electron chi connectivity index (χ3n) is 3.73. The van der Waals surface area contributed by atoms with E-state index >= 15 is 0 Å². The molecule has 1 heterocycles. The van der Waals surface area contributed by atoms with Crippen molar-refractivity contribution in [1.82, 2.24) is 4.90 Å². The molecular weight excluding hydrogens is 224 g/mol. The van der Waals surface area contributed by atoms with Gasteiger partial charge in [0.05, 0.1) is 0 Å². The Morgan fingerprint density at radius 3 is 2.50 bits per heavy atom. The lowest BCUT2D eigenvalue weighted by atomic mass is 10.1. The van der Waals surface area contributed by atoms with Crippen molar-refractivity contribution in [3.63, 3.8) is 0 Å². The molecule has 2 rings (SSSR count). The third kappa shape index (κ3) is 3.10. The predicted molar refractivity (Wildman–Crippen MR) is 73.3 cm³/mol. The Morgan fingerprint density at radius 2 is 1.94 bits per heavy atom. The second-order valence-electron chi connectivity index (χ2n) is 5.07. The van der Waals surface area contributed by atoms with Gasteiger partial charge in [0.25, 0.3) is 0 Å². The first-order chi connectivity index (χ1) is 8.72. The molecule has 1 saturated heterocycles. The lowest BCUT2D eigenvalue weighted by Crippen LogP contribution is -2.28. The maximum Gasteiger partial charge on any atom is 0.222 e. The van der Waals surface area contributed by atoms with Crippen molar-refractivity contribution in [2.45, 2.75) is 26.2 Å². The number of hydrogen-bond acceptors (Lipinski definition) is 2. The molecule has 2 N–H and O–H groups in total. The van der Waals surface area contributed by atoms with Gasteiger partial charge in [0.1, 0.15) is 0 Å². The Labute approximate surface area is 109 Å². The molecule has 1 aromatic carbocycles. The largest absolute Gasteiger partial charge is 0.342 e. The van der Waals surface area contributed by atoms with Gasteiger partial charge in [0, 0.05) is 19.5 Å². The van der Waals surface area contributed by atoms with Gasteiger partial charge < -0.3 is 10.6 Å². The minimum absolute atomic E-state index is 0.260. The number of nitrogens with zero attached hydrogens (tertiary/aromatic N) is 1. The van der Waals surface area contributed by atoms with Crippen molar-refractivity contribution in [2.24, 2.45) is 11.7 Å². The minimum atomic E-state index is 0.260. The molecule has 1 aromatic rings. The molecule has 0 radical (unpaired) electrons. The summed E-state index contributed by atoms with van der Waals surface area (Å²) in [6.45, 7) is 4.43. The second-order valence-corrected chi connectivity index (χ2v) is 5.07. The number of rotatable bonds is 5. The highest BCUT2D eigenvalue weighted by atomic mass is 16.2. The molecule has 0 aliphatic carbocycles. The number of benzene rings is 1. The van der Waals surface area contributed by atoms with Gasteiger partial charge in [-0.1, -0.05) is 31.2 Å². The molecule has 1 fully saturated rings. The summed E-state index contributed by atoms with van der Waals surface area (Å²) >= 11 is 0. The molecule has 0 bridgehead atoms. The maximum atomic E-state index is 11.7. The summed E-state index contributed by atoms with van der Waals surface area (Å²) < 4.78 is 0. The standard InChI is InChI=1S/C15H22N2O/c1-2-12-3-5-13(6-4-12)7-8-17-11-14(10-16)9-15(17)18/h3-6,14H,2,7-11,16H2,1H3. The molecule has 0 spiro atoms. The van der Waals surface area contributed by atoms with E-state index in [1.54, 1.807) is 0 Å². The van der Waals surface area contributed by atoms with Crippen molar-refractivity contribution in [2.75, 3.05) is 19.6 Å².